The van der Waals surface area contributed by atoms with Gasteiger partial charge in [-0.15, -0.1) is 0 Å². The van der Waals surface area contributed by atoms with Crippen molar-refractivity contribution in [3.05, 3.63) is 0 Å². The first-order chi connectivity index (χ1) is 6.47. The number of carbonyl (C=O) groups is 1. The highest BCUT2D eigenvalue weighted by molar-refractivity contribution is 14.1. The van der Waals surface area contributed by atoms with E-state index < -0.39 is 11.4 Å². The Kier molecular flexibility index (Phi) is 2.52. The molecule has 80 valence electrons. The molecule has 2 rings (SSSR count). The summed E-state index contributed by atoms with van der Waals surface area (Å²) < 4.78 is 17.0. The molecule has 2 fully saturated rings. The van der Waals surface area contributed by atoms with E-state index in [1.54, 1.807) is 0 Å². The summed E-state index contributed by atoms with van der Waals surface area (Å²) in [4.78, 5) is 11.6. The van der Waals surface area contributed by atoms with Crippen LogP contribution in [0, 0.1) is 0 Å². The maximum absolute atomic E-state index is 11.6. The lowest BCUT2D eigenvalue weighted by Gasteiger charge is -2.20. The SMILES string of the molecule is CC1(C)OC[C@]2(C[C@@H](CI)OC2=O)O1. The predicted octanol–water partition coefficient (Wildman–Crippen LogP) is 1.26. The summed E-state index contributed by atoms with van der Waals surface area (Å²) in [5, 5.41) is 0. The van der Waals surface area contributed by atoms with Crippen LogP contribution in [0.3, 0.4) is 0 Å². The molecule has 2 aliphatic rings. The number of esters is 1. The quantitative estimate of drug-likeness (QED) is 0.415. The molecule has 0 unspecified atom stereocenters. The van der Waals surface area contributed by atoms with E-state index in [0.717, 1.165) is 4.43 Å². The van der Waals surface area contributed by atoms with Crippen LogP contribution in [0.5, 0.6) is 0 Å². The van der Waals surface area contributed by atoms with Crippen molar-refractivity contribution in [2.75, 3.05) is 11.0 Å². The van der Waals surface area contributed by atoms with Crippen LogP contribution >= 0.6 is 22.6 Å². The smallest absolute Gasteiger partial charge is 0.341 e. The fourth-order valence-electron chi connectivity index (χ4n) is 1.86. The highest BCUT2D eigenvalue weighted by atomic mass is 127. The van der Waals surface area contributed by atoms with Crippen LogP contribution in [-0.2, 0) is 19.0 Å². The van der Waals surface area contributed by atoms with Gasteiger partial charge in [-0.25, -0.2) is 4.79 Å². The van der Waals surface area contributed by atoms with E-state index >= 15 is 0 Å². The van der Waals surface area contributed by atoms with E-state index in [1.807, 2.05) is 13.8 Å². The number of rotatable bonds is 1. The van der Waals surface area contributed by atoms with Crippen LogP contribution in [0.1, 0.15) is 20.3 Å². The largest absolute Gasteiger partial charge is 0.459 e. The second-order valence-corrected chi connectivity index (χ2v) is 5.05. The Morgan fingerprint density at radius 1 is 1.57 bits per heavy atom. The molecule has 1 spiro atoms. The number of ether oxygens (including phenoxy) is 3. The van der Waals surface area contributed by atoms with Gasteiger partial charge >= 0.3 is 5.97 Å². The number of carbonyl (C=O) groups excluding carboxylic acids is 1. The third-order valence-electron chi connectivity index (χ3n) is 2.47. The molecule has 0 aromatic heterocycles. The zero-order valence-corrected chi connectivity index (χ0v) is 10.4. The van der Waals surface area contributed by atoms with Crippen molar-refractivity contribution in [3.63, 3.8) is 0 Å². The van der Waals surface area contributed by atoms with Gasteiger partial charge in [0.1, 0.15) is 6.10 Å². The molecule has 14 heavy (non-hydrogen) atoms. The van der Waals surface area contributed by atoms with Crippen LogP contribution in [0.25, 0.3) is 0 Å². The van der Waals surface area contributed by atoms with Gasteiger partial charge in [0, 0.05) is 10.8 Å². The molecular formula is C9H13IO4. The maximum Gasteiger partial charge on any atom is 0.341 e. The molecule has 4 nitrogen and oxygen atoms in total. The minimum absolute atomic E-state index is 0.0272. The molecule has 0 saturated carbocycles. The van der Waals surface area contributed by atoms with Gasteiger partial charge in [0.15, 0.2) is 11.4 Å². The van der Waals surface area contributed by atoms with Gasteiger partial charge < -0.3 is 14.2 Å². The zero-order valence-electron chi connectivity index (χ0n) is 8.21. The van der Waals surface area contributed by atoms with E-state index in [1.165, 1.54) is 0 Å². The molecule has 0 aromatic carbocycles. The van der Waals surface area contributed by atoms with Gasteiger partial charge in [-0.2, -0.15) is 0 Å². The minimum atomic E-state index is -0.834. The Bertz CT molecular complexity index is 266. The van der Waals surface area contributed by atoms with Crippen molar-refractivity contribution >= 4 is 28.6 Å². The van der Waals surface area contributed by atoms with E-state index in [4.69, 9.17) is 14.2 Å². The molecule has 2 saturated heterocycles. The lowest BCUT2D eigenvalue weighted by atomic mass is 10.0. The summed E-state index contributed by atoms with van der Waals surface area (Å²) in [5.41, 5.74) is -0.834. The Morgan fingerprint density at radius 2 is 2.29 bits per heavy atom. The molecule has 2 heterocycles. The van der Waals surface area contributed by atoms with E-state index in [9.17, 15) is 4.79 Å². The first-order valence-corrected chi connectivity index (χ1v) is 6.11. The number of cyclic esters (lactones) is 1. The number of hydrogen-bond donors (Lipinski definition) is 0. The minimum Gasteiger partial charge on any atom is -0.459 e. The van der Waals surface area contributed by atoms with Crippen molar-refractivity contribution < 1.29 is 19.0 Å². The van der Waals surface area contributed by atoms with E-state index in [0.29, 0.717) is 13.0 Å². The van der Waals surface area contributed by atoms with Crippen LogP contribution in [0.15, 0.2) is 0 Å². The van der Waals surface area contributed by atoms with Crippen molar-refractivity contribution in [2.24, 2.45) is 0 Å². The lowest BCUT2D eigenvalue weighted by molar-refractivity contribution is -0.177. The van der Waals surface area contributed by atoms with Gasteiger partial charge in [-0.1, -0.05) is 22.6 Å². The number of halogens is 1. The molecular weight excluding hydrogens is 299 g/mol. The highest BCUT2D eigenvalue weighted by Crippen LogP contribution is 2.40. The second kappa shape index (κ2) is 3.31. The number of alkyl halides is 1. The van der Waals surface area contributed by atoms with Gasteiger partial charge in [0.2, 0.25) is 0 Å². The average Bonchev–Trinajstić information content (AvgIpc) is 2.56. The molecule has 0 aromatic rings. The summed E-state index contributed by atoms with van der Waals surface area (Å²) in [6.07, 6.45) is 0.582. The normalized spacial score (nSPS) is 40.5. The topological polar surface area (TPSA) is 44.8 Å². The van der Waals surface area contributed by atoms with Crippen molar-refractivity contribution in [1.29, 1.82) is 0 Å². The molecule has 2 aliphatic heterocycles. The summed E-state index contributed by atoms with van der Waals surface area (Å²) in [6, 6.07) is 0. The third-order valence-corrected chi connectivity index (χ3v) is 3.45. The Hall–Kier alpha value is 0.120. The van der Waals surface area contributed by atoms with Gasteiger partial charge in [0.05, 0.1) is 6.61 Å². The number of hydrogen-bond acceptors (Lipinski definition) is 4. The van der Waals surface area contributed by atoms with Crippen LogP contribution in [-0.4, -0.2) is 34.5 Å². The molecule has 2 atom stereocenters. The average molecular weight is 312 g/mol. The second-order valence-electron chi connectivity index (χ2n) is 4.17. The fourth-order valence-corrected chi connectivity index (χ4v) is 2.35. The fraction of sp³-hybridized carbons (Fsp3) is 0.889. The zero-order chi connectivity index (χ0) is 10.4. The first-order valence-electron chi connectivity index (χ1n) is 4.59. The standard InChI is InChI=1S/C9H13IO4/c1-8(2)12-5-9(14-8)3-6(4-10)13-7(9)11/h6H,3-5H2,1-2H3/t6-,9-/m0/s1. The first kappa shape index (κ1) is 10.6. The molecule has 0 N–H and O–H groups in total. The maximum atomic E-state index is 11.6. The monoisotopic (exact) mass is 312 g/mol. The van der Waals surface area contributed by atoms with Crippen molar-refractivity contribution in [3.8, 4) is 0 Å². The van der Waals surface area contributed by atoms with Gasteiger partial charge in [-0.3, -0.25) is 0 Å². The van der Waals surface area contributed by atoms with Crippen molar-refractivity contribution in [1.82, 2.24) is 0 Å². The third kappa shape index (κ3) is 1.65. The predicted molar refractivity (Wildman–Crippen MR) is 57.2 cm³/mol. The van der Waals surface area contributed by atoms with Crippen LogP contribution < -0.4 is 0 Å². The molecule has 0 radical (unpaired) electrons. The Morgan fingerprint density at radius 3 is 2.71 bits per heavy atom. The lowest BCUT2D eigenvalue weighted by Crippen LogP contribution is -2.38. The van der Waals surface area contributed by atoms with E-state index in [-0.39, 0.29) is 12.1 Å². The van der Waals surface area contributed by atoms with Crippen LogP contribution in [0.2, 0.25) is 0 Å². The Balaban J connectivity index is 2.15. The van der Waals surface area contributed by atoms with E-state index in [2.05, 4.69) is 22.6 Å². The molecule has 0 bridgehead atoms. The summed E-state index contributed by atoms with van der Waals surface area (Å²) >= 11 is 2.20. The molecule has 0 amide bonds. The van der Waals surface area contributed by atoms with Gasteiger partial charge in [-0.05, 0) is 13.8 Å². The highest BCUT2D eigenvalue weighted by Gasteiger charge is 2.57. The summed E-state index contributed by atoms with van der Waals surface area (Å²) in [7, 11) is 0. The Labute approximate surface area is 96.4 Å². The van der Waals surface area contributed by atoms with Gasteiger partial charge in [0.25, 0.3) is 0 Å². The molecule has 0 aliphatic carbocycles. The van der Waals surface area contributed by atoms with Crippen LogP contribution in [0.4, 0.5) is 0 Å². The molecule has 5 heteroatoms. The summed E-state index contributed by atoms with van der Waals surface area (Å²) in [6.45, 7) is 3.94. The van der Waals surface area contributed by atoms with Crippen molar-refractivity contribution in [2.45, 2.75) is 37.8 Å². The summed E-state index contributed by atoms with van der Waals surface area (Å²) in [5.74, 6) is -0.941.